The van der Waals surface area contributed by atoms with Crippen molar-refractivity contribution in [2.45, 2.75) is 26.2 Å². The first-order valence-corrected chi connectivity index (χ1v) is 3.86. The number of nitrogens with zero attached hydrogens (tertiary/aromatic N) is 1. The maximum Gasteiger partial charge on any atom is 0.155 e. The topological polar surface area (TPSA) is 38.7 Å². The maximum atomic E-state index is 9.70. The number of rotatable bonds is 3. The van der Waals surface area contributed by atoms with Crippen LogP contribution in [0.2, 0.25) is 0 Å². The van der Waals surface area contributed by atoms with Gasteiger partial charge in [0.05, 0.1) is 0 Å². The molecule has 0 spiro atoms. The van der Waals surface area contributed by atoms with E-state index in [2.05, 4.69) is 29.3 Å². The highest BCUT2D eigenvalue weighted by Gasteiger charge is 2.25. The van der Waals surface area contributed by atoms with E-state index in [0.29, 0.717) is 6.61 Å². The van der Waals surface area contributed by atoms with E-state index in [1.54, 1.807) is 0 Å². The van der Waals surface area contributed by atoms with Crippen LogP contribution in [0.4, 0.5) is 0 Å². The van der Waals surface area contributed by atoms with Crippen LogP contribution in [0.25, 0.3) is 0 Å². The molecular weight excluding hydrogens is 142 g/mol. The van der Waals surface area contributed by atoms with Crippen molar-refractivity contribution < 1.29 is 4.84 Å². The third-order valence-corrected chi connectivity index (χ3v) is 2.16. The van der Waals surface area contributed by atoms with Crippen LogP contribution in [0.3, 0.4) is 0 Å². The van der Waals surface area contributed by atoms with Crippen LogP contribution >= 0.6 is 0 Å². The Bertz CT molecular complexity index is 167. The molecule has 3 heteroatoms. The second kappa shape index (κ2) is 3.51. The average Bonchev–Trinajstić information content (AvgIpc) is 2.03. The number of hydrogen-bond acceptors (Lipinski definition) is 3. The van der Waals surface area contributed by atoms with Crippen molar-refractivity contribution in [3.8, 4) is 0 Å². The SMILES string of the molecule is CC1(CON=O)CC=CCC1. The lowest BCUT2D eigenvalue weighted by Gasteiger charge is -2.28. The minimum Gasteiger partial charge on any atom is -0.363 e. The summed E-state index contributed by atoms with van der Waals surface area (Å²) >= 11 is 0. The Hall–Kier alpha value is -0.860. The molecule has 62 valence electrons. The van der Waals surface area contributed by atoms with E-state index in [0.717, 1.165) is 19.3 Å². The molecule has 1 aliphatic rings. The van der Waals surface area contributed by atoms with Crippen LogP contribution < -0.4 is 0 Å². The Labute approximate surface area is 66.4 Å². The predicted molar refractivity (Wildman–Crippen MR) is 42.8 cm³/mol. The van der Waals surface area contributed by atoms with E-state index in [1.165, 1.54) is 0 Å². The van der Waals surface area contributed by atoms with E-state index in [4.69, 9.17) is 0 Å². The largest absolute Gasteiger partial charge is 0.363 e. The van der Waals surface area contributed by atoms with Crippen LogP contribution in [-0.4, -0.2) is 6.61 Å². The third-order valence-electron chi connectivity index (χ3n) is 2.16. The van der Waals surface area contributed by atoms with Gasteiger partial charge in [-0.2, -0.15) is 0 Å². The Morgan fingerprint density at radius 3 is 3.00 bits per heavy atom. The molecular formula is C8H13NO2. The molecule has 0 heterocycles. The van der Waals surface area contributed by atoms with E-state index >= 15 is 0 Å². The van der Waals surface area contributed by atoms with Gasteiger partial charge in [0.1, 0.15) is 6.61 Å². The van der Waals surface area contributed by atoms with Crippen molar-refractivity contribution in [1.82, 2.24) is 0 Å². The molecule has 0 saturated heterocycles. The highest BCUT2D eigenvalue weighted by atomic mass is 16.7. The first-order chi connectivity index (χ1) is 5.27. The molecule has 1 atom stereocenters. The lowest BCUT2D eigenvalue weighted by Crippen LogP contribution is -2.23. The third kappa shape index (κ3) is 2.33. The Morgan fingerprint density at radius 2 is 2.45 bits per heavy atom. The summed E-state index contributed by atoms with van der Waals surface area (Å²) in [5.41, 5.74) is 0.128. The van der Waals surface area contributed by atoms with Crippen molar-refractivity contribution in [3.05, 3.63) is 17.1 Å². The molecule has 11 heavy (non-hydrogen) atoms. The molecule has 0 bridgehead atoms. The molecule has 0 radical (unpaired) electrons. The first-order valence-electron chi connectivity index (χ1n) is 3.86. The molecule has 1 unspecified atom stereocenters. The molecule has 3 nitrogen and oxygen atoms in total. The zero-order chi connectivity index (χ0) is 8.16. The molecule has 0 saturated carbocycles. The van der Waals surface area contributed by atoms with Gasteiger partial charge in [-0.05, 0) is 19.3 Å². The maximum absolute atomic E-state index is 9.70. The van der Waals surface area contributed by atoms with Gasteiger partial charge >= 0.3 is 0 Å². The van der Waals surface area contributed by atoms with Crippen molar-refractivity contribution in [2.24, 2.45) is 10.8 Å². The fraction of sp³-hybridized carbons (Fsp3) is 0.750. The van der Waals surface area contributed by atoms with Gasteiger partial charge in [0.25, 0.3) is 0 Å². The van der Waals surface area contributed by atoms with E-state index < -0.39 is 0 Å². The summed E-state index contributed by atoms with van der Waals surface area (Å²) in [6.07, 6.45) is 7.45. The fourth-order valence-corrected chi connectivity index (χ4v) is 1.33. The quantitative estimate of drug-likeness (QED) is 0.356. The van der Waals surface area contributed by atoms with Crippen LogP contribution in [0, 0.1) is 10.3 Å². The summed E-state index contributed by atoms with van der Waals surface area (Å²) in [5.74, 6) is 0. The summed E-state index contributed by atoms with van der Waals surface area (Å²) < 4.78 is 0. The summed E-state index contributed by atoms with van der Waals surface area (Å²) in [5, 5.41) is 2.40. The lowest BCUT2D eigenvalue weighted by molar-refractivity contribution is 0.0493. The summed E-state index contributed by atoms with van der Waals surface area (Å²) in [7, 11) is 0. The predicted octanol–water partition coefficient (Wildman–Crippen LogP) is 2.43. The molecule has 0 aromatic rings. The second-order valence-corrected chi connectivity index (χ2v) is 3.37. The second-order valence-electron chi connectivity index (χ2n) is 3.37. The molecule has 0 fully saturated rings. The average molecular weight is 155 g/mol. The monoisotopic (exact) mass is 155 g/mol. The summed E-state index contributed by atoms with van der Waals surface area (Å²) in [6, 6.07) is 0. The van der Waals surface area contributed by atoms with Gasteiger partial charge in [0.2, 0.25) is 0 Å². The number of hydrogen-bond donors (Lipinski definition) is 0. The normalized spacial score (nSPS) is 29.9. The van der Waals surface area contributed by atoms with Crippen LogP contribution in [0.1, 0.15) is 26.2 Å². The van der Waals surface area contributed by atoms with Gasteiger partial charge < -0.3 is 4.84 Å². The van der Waals surface area contributed by atoms with Crippen LogP contribution in [0.5, 0.6) is 0 Å². The Balaban J connectivity index is 2.38. The zero-order valence-corrected chi connectivity index (χ0v) is 6.75. The van der Waals surface area contributed by atoms with Gasteiger partial charge in [-0.3, -0.25) is 0 Å². The van der Waals surface area contributed by atoms with Crippen molar-refractivity contribution >= 4 is 0 Å². The first kappa shape index (κ1) is 8.24. The summed E-state index contributed by atoms with van der Waals surface area (Å²) in [6.45, 7) is 2.56. The Kier molecular flexibility index (Phi) is 2.63. The molecule has 1 aliphatic carbocycles. The van der Waals surface area contributed by atoms with Crippen molar-refractivity contribution in [1.29, 1.82) is 0 Å². The minimum atomic E-state index is 0.128. The van der Waals surface area contributed by atoms with Crippen molar-refractivity contribution in [2.75, 3.05) is 6.61 Å². The molecule has 0 aliphatic heterocycles. The standard InChI is InChI=1S/C8H13NO2/c1-8(7-11-9-10)5-3-2-4-6-8/h2-3H,4-7H2,1H3. The zero-order valence-electron chi connectivity index (χ0n) is 6.75. The molecule has 0 N–H and O–H groups in total. The lowest BCUT2D eigenvalue weighted by atomic mass is 9.80. The van der Waals surface area contributed by atoms with Gasteiger partial charge in [0, 0.05) is 5.41 Å². The van der Waals surface area contributed by atoms with Gasteiger partial charge in [-0.1, -0.05) is 19.1 Å². The van der Waals surface area contributed by atoms with Gasteiger partial charge in [-0.15, -0.1) is 4.91 Å². The molecule has 0 aromatic heterocycles. The fourth-order valence-electron chi connectivity index (χ4n) is 1.33. The highest BCUT2D eigenvalue weighted by Crippen LogP contribution is 2.32. The highest BCUT2D eigenvalue weighted by molar-refractivity contribution is 4.95. The van der Waals surface area contributed by atoms with Gasteiger partial charge in [-0.25, -0.2) is 0 Å². The van der Waals surface area contributed by atoms with Crippen molar-refractivity contribution in [3.63, 3.8) is 0 Å². The van der Waals surface area contributed by atoms with E-state index in [9.17, 15) is 4.91 Å². The smallest absolute Gasteiger partial charge is 0.155 e. The molecule has 0 aromatic carbocycles. The summed E-state index contributed by atoms with van der Waals surface area (Å²) in [4.78, 5) is 14.2. The molecule has 1 rings (SSSR count). The van der Waals surface area contributed by atoms with Crippen LogP contribution in [0.15, 0.2) is 17.5 Å². The molecule has 0 amide bonds. The number of allylic oxidation sites excluding steroid dienone is 2. The Morgan fingerprint density at radius 1 is 1.64 bits per heavy atom. The van der Waals surface area contributed by atoms with E-state index in [1.807, 2.05) is 0 Å². The van der Waals surface area contributed by atoms with Crippen LogP contribution in [-0.2, 0) is 4.84 Å². The minimum absolute atomic E-state index is 0.128. The van der Waals surface area contributed by atoms with E-state index in [-0.39, 0.29) is 5.41 Å². The van der Waals surface area contributed by atoms with Gasteiger partial charge in [0.15, 0.2) is 5.34 Å².